The molecule has 4 nitrogen and oxygen atoms in total. The summed E-state index contributed by atoms with van der Waals surface area (Å²) in [6.07, 6.45) is 0.0638. The molecule has 0 radical (unpaired) electrons. The van der Waals surface area contributed by atoms with Crippen LogP contribution in [0.3, 0.4) is 0 Å². The van der Waals surface area contributed by atoms with Crippen molar-refractivity contribution in [3.05, 3.63) is 35.9 Å². The highest BCUT2D eigenvalue weighted by Crippen LogP contribution is 2.31. The molecule has 1 aliphatic heterocycles. The fourth-order valence-electron chi connectivity index (χ4n) is 2.61. The monoisotopic (exact) mass is 319 g/mol. The molecule has 0 saturated carbocycles. The number of morpholine rings is 1. The summed E-state index contributed by atoms with van der Waals surface area (Å²) >= 11 is 0. The molecule has 0 bridgehead atoms. The second kappa shape index (κ2) is 6.12. The van der Waals surface area contributed by atoms with Crippen LogP contribution < -0.4 is 17.0 Å². The first-order valence-electron chi connectivity index (χ1n) is 5.69. The van der Waals surface area contributed by atoms with Gasteiger partial charge in [-0.15, -0.1) is 0 Å². The Morgan fingerprint density at radius 3 is 2.33 bits per heavy atom. The molecule has 0 amide bonds. The van der Waals surface area contributed by atoms with Gasteiger partial charge in [0, 0.05) is 5.56 Å². The molecule has 1 aromatic carbocycles. The van der Waals surface area contributed by atoms with Crippen LogP contribution in [0.2, 0.25) is 0 Å². The van der Waals surface area contributed by atoms with Crippen LogP contribution in [0.15, 0.2) is 30.3 Å². The lowest BCUT2D eigenvalue weighted by atomic mass is 10.0. The number of hydrogen-bond donors (Lipinski definition) is 1. The molecule has 5 heteroatoms. The van der Waals surface area contributed by atoms with Gasteiger partial charge in [0.2, 0.25) is 5.79 Å². The number of rotatable bonds is 1. The Morgan fingerprint density at radius 2 is 1.83 bits per heavy atom. The molecule has 1 heterocycles. The Hall–Kier alpha value is -0.460. The van der Waals surface area contributed by atoms with Gasteiger partial charge < -0.3 is 36.8 Å². The highest BCUT2D eigenvalue weighted by molar-refractivity contribution is 5.20. The molecule has 0 spiro atoms. The van der Waals surface area contributed by atoms with Gasteiger partial charge in [-0.05, 0) is 6.92 Å². The van der Waals surface area contributed by atoms with E-state index in [0.29, 0.717) is 6.54 Å². The number of nitrogens with zero attached hydrogens (tertiary/aromatic N) is 1. The van der Waals surface area contributed by atoms with Crippen molar-refractivity contribution in [2.75, 3.05) is 27.2 Å². The predicted molar refractivity (Wildman–Crippen MR) is 66.3 cm³/mol. The summed E-state index contributed by atoms with van der Waals surface area (Å²) in [4.78, 5) is 0. The lowest BCUT2D eigenvalue weighted by Gasteiger charge is -2.45. The Kier molecular flexibility index (Phi) is 5.97. The summed E-state index contributed by atoms with van der Waals surface area (Å²) in [5, 5.41) is 10.6. The zero-order chi connectivity index (χ0) is 11.8. The van der Waals surface area contributed by atoms with E-state index in [9.17, 15) is 5.11 Å². The number of hydrogen-bond acceptors (Lipinski definition) is 2. The van der Waals surface area contributed by atoms with E-state index in [1.165, 1.54) is 0 Å². The van der Waals surface area contributed by atoms with E-state index in [1.807, 2.05) is 37.3 Å². The topological polar surface area (TPSA) is 61.0 Å². The maximum absolute atomic E-state index is 10.6. The van der Waals surface area contributed by atoms with Crippen LogP contribution in [-0.4, -0.2) is 48.4 Å². The molecule has 1 fully saturated rings. The second-order valence-corrected chi connectivity index (χ2v) is 5.36. The van der Waals surface area contributed by atoms with Crippen molar-refractivity contribution >= 4 is 0 Å². The van der Waals surface area contributed by atoms with Crippen LogP contribution in [0.25, 0.3) is 0 Å². The van der Waals surface area contributed by atoms with Crippen molar-refractivity contribution in [1.29, 1.82) is 0 Å². The number of aliphatic hydroxyl groups is 1. The average molecular weight is 320 g/mol. The largest absolute Gasteiger partial charge is 1.00 e. The van der Waals surface area contributed by atoms with Crippen molar-refractivity contribution in [3.8, 4) is 0 Å². The molecule has 1 aliphatic rings. The number of likely N-dealkylation sites (N-methyl/N-ethyl adjacent to an activating group) is 1. The Morgan fingerprint density at radius 1 is 1.28 bits per heavy atom. The van der Waals surface area contributed by atoms with E-state index in [4.69, 9.17) is 4.74 Å². The zero-order valence-electron chi connectivity index (χ0n) is 11.1. The van der Waals surface area contributed by atoms with Gasteiger partial charge in [-0.25, -0.2) is 0 Å². The molecular formula is C13H22BrNO3. The summed E-state index contributed by atoms with van der Waals surface area (Å²) in [6.45, 7) is 3.52. The minimum absolute atomic E-state index is 0. The van der Waals surface area contributed by atoms with E-state index >= 15 is 0 Å². The molecule has 1 aromatic rings. The van der Waals surface area contributed by atoms with E-state index in [2.05, 4.69) is 14.1 Å². The maximum Gasteiger partial charge on any atom is 0.244 e. The number of halogens is 1. The molecule has 1 saturated heterocycles. The molecule has 2 atom stereocenters. The van der Waals surface area contributed by atoms with Crippen molar-refractivity contribution in [2.24, 2.45) is 0 Å². The first-order valence-corrected chi connectivity index (χ1v) is 5.69. The molecule has 0 unspecified atom stereocenters. The number of benzene rings is 1. The molecule has 0 aromatic heterocycles. The fourth-order valence-corrected chi connectivity index (χ4v) is 2.61. The van der Waals surface area contributed by atoms with Crippen molar-refractivity contribution in [3.63, 3.8) is 0 Å². The van der Waals surface area contributed by atoms with Gasteiger partial charge in [-0.2, -0.15) is 0 Å². The highest BCUT2D eigenvalue weighted by Gasteiger charge is 2.44. The molecule has 18 heavy (non-hydrogen) atoms. The maximum atomic E-state index is 10.6. The van der Waals surface area contributed by atoms with Crippen molar-refractivity contribution in [1.82, 2.24) is 0 Å². The van der Waals surface area contributed by atoms with E-state index in [0.717, 1.165) is 16.6 Å². The highest BCUT2D eigenvalue weighted by atomic mass is 79.9. The Balaban J connectivity index is 0.00000144. The zero-order valence-corrected chi connectivity index (χ0v) is 12.6. The average Bonchev–Trinajstić information content (AvgIpc) is 2.15. The van der Waals surface area contributed by atoms with Gasteiger partial charge >= 0.3 is 0 Å². The number of ether oxygens (including phenoxy) is 1. The summed E-state index contributed by atoms with van der Waals surface area (Å²) in [7, 11) is 4.24. The molecule has 104 valence electrons. The van der Waals surface area contributed by atoms with Gasteiger partial charge in [0.25, 0.3) is 0 Å². The van der Waals surface area contributed by atoms with E-state index in [1.54, 1.807) is 0 Å². The third kappa shape index (κ3) is 3.76. The molecule has 2 rings (SSSR count). The Labute approximate surface area is 119 Å². The summed E-state index contributed by atoms with van der Waals surface area (Å²) in [5.41, 5.74) is 0.841. The van der Waals surface area contributed by atoms with E-state index in [-0.39, 0.29) is 28.6 Å². The molecule has 0 aliphatic carbocycles. The van der Waals surface area contributed by atoms with Crippen LogP contribution in [0.4, 0.5) is 0 Å². The van der Waals surface area contributed by atoms with Crippen LogP contribution in [0, 0.1) is 0 Å². The molecule has 3 N–H and O–H groups in total. The van der Waals surface area contributed by atoms with Gasteiger partial charge in [-0.1, -0.05) is 30.3 Å². The summed E-state index contributed by atoms with van der Waals surface area (Å²) in [5.74, 6) is -1.15. The smallest absolute Gasteiger partial charge is 0.244 e. The van der Waals surface area contributed by atoms with Gasteiger partial charge in [0.05, 0.1) is 14.1 Å². The summed E-state index contributed by atoms with van der Waals surface area (Å²) < 4.78 is 6.51. The van der Waals surface area contributed by atoms with Crippen LogP contribution >= 0.6 is 0 Å². The SMILES string of the molecule is C[C@@H]1C[N+](C)(C)C[C@](O)(c2ccccc2)O1.O.[Br-]. The van der Waals surface area contributed by atoms with Crippen LogP contribution in [-0.2, 0) is 10.5 Å². The van der Waals surface area contributed by atoms with Crippen LogP contribution in [0.5, 0.6) is 0 Å². The lowest BCUT2D eigenvalue weighted by Crippen LogP contribution is -3.00. The summed E-state index contributed by atoms with van der Waals surface area (Å²) in [6, 6.07) is 9.63. The Bertz CT molecular complexity index is 372. The predicted octanol–water partition coefficient (Wildman–Crippen LogP) is -2.49. The number of quaternary nitrogens is 1. The van der Waals surface area contributed by atoms with Gasteiger partial charge in [0.15, 0.2) is 0 Å². The third-order valence-corrected chi connectivity index (χ3v) is 3.01. The third-order valence-electron chi connectivity index (χ3n) is 3.01. The van der Waals surface area contributed by atoms with Gasteiger partial charge in [0.1, 0.15) is 19.2 Å². The van der Waals surface area contributed by atoms with E-state index < -0.39 is 5.79 Å². The standard InChI is InChI=1S/C13H20NO2.BrH.H2O/c1-11-9-14(2,3)10-13(15,16-11)12-7-5-4-6-8-12;;/h4-8,11,15H,9-10H2,1-3H3;1H;1H2/q+1;;/p-1/t11-,13-;;/m1../s1. The van der Waals surface area contributed by atoms with Crippen molar-refractivity contribution in [2.45, 2.75) is 18.8 Å². The lowest BCUT2D eigenvalue weighted by molar-refractivity contribution is -0.916. The van der Waals surface area contributed by atoms with Crippen molar-refractivity contribution < 1.29 is 36.8 Å². The quantitative estimate of drug-likeness (QED) is 0.582. The minimum atomic E-state index is -1.15. The molecular weight excluding hydrogens is 298 g/mol. The first kappa shape index (κ1) is 17.5. The first-order chi connectivity index (χ1) is 7.41. The normalized spacial score (nSPS) is 29.9. The van der Waals surface area contributed by atoms with Crippen LogP contribution in [0.1, 0.15) is 12.5 Å². The van der Waals surface area contributed by atoms with Gasteiger partial charge in [-0.3, -0.25) is 0 Å². The second-order valence-electron chi connectivity index (χ2n) is 5.36. The fraction of sp³-hybridized carbons (Fsp3) is 0.538. The minimum Gasteiger partial charge on any atom is -1.00 e.